The normalized spacial score (nSPS) is 26.2. The van der Waals surface area contributed by atoms with Crippen molar-refractivity contribution in [2.45, 2.75) is 44.5 Å². The van der Waals surface area contributed by atoms with E-state index in [0.717, 1.165) is 5.56 Å². The molecular weight excluding hydrogens is 337 g/mol. The van der Waals surface area contributed by atoms with Gasteiger partial charge in [-0.3, -0.25) is 4.79 Å². The summed E-state index contributed by atoms with van der Waals surface area (Å²) in [7, 11) is 0. The molecule has 0 radical (unpaired) electrons. The summed E-state index contributed by atoms with van der Waals surface area (Å²) in [4.78, 5) is 12.4. The maximum absolute atomic E-state index is 13.6. The average molecular weight is 356 g/mol. The van der Waals surface area contributed by atoms with Crippen LogP contribution in [-0.4, -0.2) is 40.2 Å². The number of aliphatic hydroxyl groups is 1. The number of hydrogen-bond acceptors (Lipinski definition) is 4. The number of para-hydroxylation sites is 1. The van der Waals surface area contributed by atoms with Gasteiger partial charge in [-0.25, -0.2) is 0 Å². The summed E-state index contributed by atoms with van der Waals surface area (Å²) < 4.78 is 46.1. The summed E-state index contributed by atoms with van der Waals surface area (Å²) in [5, 5.41) is 14.4. The minimum Gasteiger partial charge on any atom is -0.483 e. The van der Waals surface area contributed by atoms with E-state index < -0.39 is 30.3 Å². The second kappa shape index (κ2) is 6.33. The number of halogens is 3. The Labute approximate surface area is 143 Å². The largest absolute Gasteiger partial charge is 0.483 e. The Hall–Kier alpha value is -2.09. The molecule has 2 aliphatic rings. The summed E-state index contributed by atoms with van der Waals surface area (Å²) in [6.07, 6.45) is -3.24. The number of rotatable bonds is 3. The number of aryl methyl sites for hydroxylation is 1. The van der Waals surface area contributed by atoms with Crippen molar-refractivity contribution in [1.82, 2.24) is 5.01 Å². The van der Waals surface area contributed by atoms with E-state index in [0.29, 0.717) is 25.0 Å². The van der Waals surface area contributed by atoms with Crippen molar-refractivity contribution in [3.05, 3.63) is 29.8 Å². The van der Waals surface area contributed by atoms with Crippen LogP contribution in [-0.2, 0) is 4.79 Å². The summed E-state index contributed by atoms with van der Waals surface area (Å²) >= 11 is 0. The zero-order chi connectivity index (χ0) is 18.2. The maximum Gasteiger partial charge on any atom is 0.439 e. The number of amides is 1. The van der Waals surface area contributed by atoms with E-state index in [1.54, 1.807) is 31.2 Å². The van der Waals surface area contributed by atoms with E-state index >= 15 is 0 Å². The van der Waals surface area contributed by atoms with Crippen LogP contribution < -0.4 is 4.74 Å². The monoisotopic (exact) mass is 356 g/mol. The van der Waals surface area contributed by atoms with Crippen molar-refractivity contribution in [1.29, 1.82) is 0 Å². The fourth-order valence-corrected chi connectivity index (χ4v) is 3.38. The van der Waals surface area contributed by atoms with Crippen LogP contribution in [0.5, 0.6) is 5.75 Å². The van der Waals surface area contributed by atoms with Crippen molar-refractivity contribution in [2.75, 3.05) is 6.61 Å². The van der Waals surface area contributed by atoms with Crippen LogP contribution in [0.25, 0.3) is 0 Å². The number of ether oxygens (including phenoxy) is 1. The van der Waals surface area contributed by atoms with Gasteiger partial charge in [0.1, 0.15) is 5.75 Å². The number of alkyl halides is 3. The van der Waals surface area contributed by atoms with Crippen LogP contribution in [0.15, 0.2) is 29.4 Å². The number of hydrazone groups is 1. The molecule has 1 aromatic carbocycles. The lowest BCUT2D eigenvalue weighted by atomic mass is 9.80. The molecule has 1 N–H and O–H groups in total. The maximum atomic E-state index is 13.6. The molecule has 0 aromatic heterocycles. The Kier molecular flexibility index (Phi) is 4.49. The molecule has 1 fully saturated rings. The topological polar surface area (TPSA) is 62.1 Å². The minimum absolute atomic E-state index is 0.150. The second-order valence-corrected chi connectivity index (χ2v) is 6.37. The van der Waals surface area contributed by atoms with Gasteiger partial charge in [0, 0.05) is 5.71 Å². The first-order valence-corrected chi connectivity index (χ1v) is 8.13. The predicted octanol–water partition coefficient (Wildman–Crippen LogP) is 3.01. The minimum atomic E-state index is -5.00. The molecule has 3 rings (SSSR count). The third-order valence-corrected chi connectivity index (χ3v) is 4.71. The van der Waals surface area contributed by atoms with Crippen molar-refractivity contribution < 1.29 is 27.8 Å². The van der Waals surface area contributed by atoms with E-state index in [9.17, 15) is 23.1 Å². The molecular formula is C17H19F3N2O3. The van der Waals surface area contributed by atoms with E-state index in [-0.39, 0.29) is 17.1 Å². The van der Waals surface area contributed by atoms with Crippen molar-refractivity contribution in [2.24, 2.45) is 11.0 Å². The van der Waals surface area contributed by atoms with Crippen molar-refractivity contribution in [3.8, 4) is 5.75 Å². The second-order valence-electron chi connectivity index (χ2n) is 6.37. The highest BCUT2D eigenvalue weighted by Gasteiger charge is 2.68. The highest BCUT2D eigenvalue weighted by molar-refractivity contribution is 5.93. The summed E-state index contributed by atoms with van der Waals surface area (Å²) in [6, 6.07) is 6.86. The molecule has 1 heterocycles. The number of fused-ring (bicyclic) bond motifs is 1. The fraction of sp³-hybridized carbons (Fsp3) is 0.529. The van der Waals surface area contributed by atoms with Gasteiger partial charge in [-0.1, -0.05) is 24.6 Å². The van der Waals surface area contributed by atoms with Gasteiger partial charge in [0.25, 0.3) is 11.6 Å². The van der Waals surface area contributed by atoms with E-state index in [1.807, 2.05) is 0 Å². The van der Waals surface area contributed by atoms with Gasteiger partial charge in [-0.05, 0) is 37.8 Å². The zero-order valence-corrected chi connectivity index (χ0v) is 13.7. The third-order valence-electron chi connectivity index (χ3n) is 4.71. The summed E-state index contributed by atoms with van der Waals surface area (Å²) in [5.41, 5.74) is -2.31. The van der Waals surface area contributed by atoms with Gasteiger partial charge in [-0.2, -0.15) is 23.3 Å². The summed E-state index contributed by atoms with van der Waals surface area (Å²) in [5.74, 6) is -1.83. The molecule has 1 saturated carbocycles. The number of carbonyl (C=O) groups is 1. The smallest absolute Gasteiger partial charge is 0.439 e. The molecule has 2 atom stereocenters. The van der Waals surface area contributed by atoms with Crippen LogP contribution in [0.2, 0.25) is 0 Å². The van der Waals surface area contributed by atoms with E-state index in [4.69, 9.17) is 4.74 Å². The molecule has 1 amide bonds. The van der Waals surface area contributed by atoms with Gasteiger partial charge < -0.3 is 9.84 Å². The van der Waals surface area contributed by atoms with Gasteiger partial charge >= 0.3 is 6.18 Å². The number of nitrogens with zero attached hydrogens (tertiary/aromatic N) is 2. The number of hydrogen-bond donors (Lipinski definition) is 1. The van der Waals surface area contributed by atoms with Crippen LogP contribution >= 0.6 is 0 Å². The molecule has 2 unspecified atom stereocenters. The Morgan fingerprint density at radius 3 is 2.80 bits per heavy atom. The molecule has 136 valence electrons. The predicted molar refractivity (Wildman–Crippen MR) is 83.9 cm³/mol. The zero-order valence-electron chi connectivity index (χ0n) is 13.7. The molecule has 0 saturated heterocycles. The Bertz CT molecular complexity index is 705. The average Bonchev–Trinajstić information content (AvgIpc) is 2.88. The van der Waals surface area contributed by atoms with Gasteiger partial charge in [-0.15, -0.1) is 0 Å². The molecule has 25 heavy (non-hydrogen) atoms. The molecule has 1 aliphatic carbocycles. The van der Waals surface area contributed by atoms with E-state index in [2.05, 4.69) is 5.10 Å². The molecule has 1 aliphatic heterocycles. The van der Waals surface area contributed by atoms with Gasteiger partial charge in [0.2, 0.25) is 0 Å². The van der Waals surface area contributed by atoms with Crippen LogP contribution in [0.1, 0.15) is 31.2 Å². The molecule has 5 nitrogen and oxygen atoms in total. The lowest BCUT2D eigenvalue weighted by Crippen LogP contribution is -2.62. The molecule has 8 heteroatoms. The first-order valence-electron chi connectivity index (χ1n) is 8.13. The molecule has 0 spiro atoms. The van der Waals surface area contributed by atoms with Gasteiger partial charge in [0.05, 0.1) is 5.92 Å². The van der Waals surface area contributed by atoms with Crippen molar-refractivity contribution >= 4 is 11.6 Å². The molecule has 0 bridgehead atoms. The Morgan fingerprint density at radius 1 is 1.40 bits per heavy atom. The lowest BCUT2D eigenvalue weighted by molar-refractivity contribution is -0.317. The first-order chi connectivity index (χ1) is 11.7. The van der Waals surface area contributed by atoms with Crippen LogP contribution in [0.4, 0.5) is 13.2 Å². The third kappa shape index (κ3) is 2.99. The summed E-state index contributed by atoms with van der Waals surface area (Å²) in [6.45, 7) is 1.13. The SMILES string of the molecule is Cc1ccccc1OCC(=O)N1N=C2CCCCC2C1(O)C(F)(F)F. The van der Waals surface area contributed by atoms with Crippen LogP contribution in [0.3, 0.4) is 0 Å². The highest BCUT2D eigenvalue weighted by Crippen LogP contribution is 2.48. The van der Waals surface area contributed by atoms with Crippen molar-refractivity contribution in [3.63, 3.8) is 0 Å². The van der Waals surface area contributed by atoms with E-state index in [1.165, 1.54) is 0 Å². The number of carbonyl (C=O) groups excluding carboxylic acids is 1. The number of benzene rings is 1. The van der Waals surface area contributed by atoms with Crippen LogP contribution in [0, 0.1) is 12.8 Å². The highest BCUT2D eigenvalue weighted by atomic mass is 19.4. The van der Waals surface area contributed by atoms with Gasteiger partial charge in [0.15, 0.2) is 6.61 Å². The molecule has 1 aromatic rings. The Balaban J connectivity index is 1.82. The standard InChI is InChI=1S/C17H19F3N2O3/c1-11-6-2-5-9-14(11)25-10-15(23)22-16(24,17(18,19)20)12-7-3-4-8-13(12)21-22/h2,5-6,9,12,24H,3-4,7-8,10H2,1H3. The first kappa shape index (κ1) is 17.7. The Morgan fingerprint density at radius 2 is 2.12 bits per heavy atom. The quantitative estimate of drug-likeness (QED) is 0.906. The fourth-order valence-electron chi connectivity index (χ4n) is 3.38. The lowest BCUT2D eigenvalue weighted by Gasteiger charge is -2.38.